The molecule has 1 amide bonds. The van der Waals surface area contributed by atoms with E-state index in [0.29, 0.717) is 44.0 Å². The van der Waals surface area contributed by atoms with Crippen LogP contribution in [-0.2, 0) is 19.6 Å². The minimum Gasteiger partial charge on any atom is -0.493 e. The summed E-state index contributed by atoms with van der Waals surface area (Å²) in [5.41, 5.74) is 0.382. The van der Waals surface area contributed by atoms with Crippen LogP contribution in [0.3, 0.4) is 0 Å². The number of likely N-dealkylation sites (tertiary alicyclic amines) is 1. The fraction of sp³-hybridized carbons (Fsp3) is 0.579. The Hall–Kier alpha value is -2.49. The van der Waals surface area contributed by atoms with Crippen molar-refractivity contribution < 1.29 is 32.2 Å². The van der Waals surface area contributed by atoms with Crippen molar-refractivity contribution in [1.82, 2.24) is 4.90 Å². The molecule has 1 saturated heterocycles. The molecule has 0 bridgehead atoms. The molecular formula is C19H28N2O7S. The molecule has 1 aromatic rings. The van der Waals surface area contributed by atoms with E-state index in [1.165, 1.54) is 33.4 Å². The number of rotatable bonds is 7. The number of anilines is 1. The average molecular weight is 429 g/mol. The summed E-state index contributed by atoms with van der Waals surface area (Å²) in [4.78, 5) is 26.7. The highest BCUT2D eigenvalue weighted by molar-refractivity contribution is 7.92. The number of nitrogens with zero attached hydrogens (tertiary/aromatic N) is 2. The van der Waals surface area contributed by atoms with E-state index in [-0.39, 0.29) is 29.0 Å². The van der Waals surface area contributed by atoms with Crippen LogP contribution in [0.15, 0.2) is 12.1 Å². The predicted molar refractivity (Wildman–Crippen MR) is 108 cm³/mol. The Bertz CT molecular complexity index is 862. The van der Waals surface area contributed by atoms with Crippen molar-refractivity contribution in [2.24, 2.45) is 5.92 Å². The van der Waals surface area contributed by atoms with Gasteiger partial charge < -0.3 is 19.1 Å². The second kappa shape index (κ2) is 9.34. The van der Waals surface area contributed by atoms with E-state index in [9.17, 15) is 18.0 Å². The molecule has 162 valence electrons. The highest BCUT2D eigenvalue weighted by Gasteiger charge is 2.31. The molecule has 0 aliphatic carbocycles. The Balaban J connectivity index is 2.35. The zero-order valence-corrected chi connectivity index (χ0v) is 18.2. The van der Waals surface area contributed by atoms with Gasteiger partial charge in [0.1, 0.15) is 0 Å². The summed E-state index contributed by atoms with van der Waals surface area (Å²) >= 11 is 0. The topological polar surface area (TPSA) is 102 Å². The van der Waals surface area contributed by atoms with Crippen LogP contribution in [-0.4, -0.2) is 72.4 Å². The molecule has 10 heteroatoms. The van der Waals surface area contributed by atoms with Crippen molar-refractivity contribution in [3.8, 4) is 11.5 Å². The number of piperidine rings is 1. The number of carbonyl (C=O) groups excluding carboxylic acids is 2. The summed E-state index contributed by atoms with van der Waals surface area (Å²) in [6.07, 6.45) is 2.05. The Labute approximate surface area is 171 Å². The van der Waals surface area contributed by atoms with Gasteiger partial charge >= 0.3 is 5.97 Å². The van der Waals surface area contributed by atoms with Crippen LogP contribution >= 0.6 is 0 Å². The van der Waals surface area contributed by atoms with Gasteiger partial charge in [0.05, 0.1) is 44.3 Å². The van der Waals surface area contributed by atoms with Gasteiger partial charge in [-0.15, -0.1) is 0 Å². The second-order valence-corrected chi connectivity index (χ2v) is 8.79. The van der Waals surface area contributed by atoms with Crippen molar-refractivity contribution in [2.75, 3.05) is 51.5 Å². The lowest BCUT2D eigenvalue weighted by Gasteiger charge is -2.32. The first-order valence-electron chi connectivity index (χ1n) is 9.29. The van der Waals surface area contributed by atoms with Crippen LogP contribution in [0.25, 0.3) is 0 Å². The zero-order chi connectivity index (χ0) is 21.8. The molecule has 0 radical (unpaired) electrons. The fourth-order valence-corrected chi connectivity index (χ4v) is 3.74. The smallest absolute Gasteiger partial charge is 0.309 e. The lowest BCUT2D eigenvalue weighted by Crippen LogP contribution is -2.41. The number of esters is 1. The van der Waals surface area contributed by atoms with Crippen molar-refractivity contribution in [2.45, 2.75) is 19.8 Å². The normalized spacial score (nSPS) is 15.0. The standard InChI is InChI=1S/C19H28N2O7S/c1-6-28-19(23)13-7-9-21(10-8-13)18(22)14-11-16(26-3)17(27-4)12-15(14)20(2)29(5,24)25/h11-13H,6-10H2,1-5H3. The number of ether oxygens (including phenoxy) is 3. The van der Waals surface area contributed by atoms with Crippen LogP contribution in [0.4, 0.5) is 5.69 Å². The molecule has 1 aliphatic rings. The summed E-state index contributed by atoms with van der Waals surface area (Å²) in [6.45, 7) is 2.83. The van der Waals surface area contributed by atoms with Gasteiger partial charge in [-0.05, 0) is 25.8 Å². The molecule has 0 atom stereocenters. The predicted octanol–water partition coefficient (Wildman–Crippen LogP) is 1.51. The van der Waals surface area contributed by atoms with Crippen molar-refractivity contribution >= 4 is 27.6 Å². The third-order valence-corrected chi connectivity index (χ3v) is 6.16. The number of carbonyl (C=O) groups is 2. The molecule has 0 unspecified atom stereocenters. The van der Waals surface area contributed by atoms with Crippen LogP contribution in [0, 0.1) is 5.92 Å². The molecule has 1 heterocycles. The third kappa shape index (κ3) is 5.11. The fourth-order valence-electron chi connectivity index (χ4n) is 3.23. The Morgan fingerprint density at radius 1 is 1.14 bits per heavy atom. The van der Waals surface area contributed by atoms with E-state index in [2.05, 4.69) is 0 Å². The first-order chi connectivity index (χ1) is 13.6. The lowest BCUT2D eigenvalue weighted by molar-refractivity contribution is -0.149. The molecule has 9 nitrogen and oxygen atoms in total. The molecular weight excluding hydrogens is 400 g/mol. The molecule has 1 aliphatic heterocycles. The number of hydrogen-bond acceptors (Lipinski definition) is 7. The highest BCUT2D eigenvalue weighted by atomic mass is 32.2. The van der Waals surface area contributed by atoms with Crippen LogP contribution in [0.1, 0.15) is 30.1 Å². The van der Waals surface area contributed by atoms with E-state index in [1.807, 2.05) is 0 Å². The SMILES string of the molecule is CCOC(=O)C1CCN(C(=O)c2cc(OC)c(OC)cc2N(C)S(C)(=O)=O)CC1. The van der Waals surface area contributed by atoms with Gasteiger partial charge in [-0.2, -0.15) is 0 Å². The highest BCUT2D eigenvalue weighted by Crippen LogP contribution is 2.36. The second-order valence-electron chi connectivity index (χ2n) is 6.77. The molecule has 0 N–H and O–H groups in total. The maximum absolute atomic E-state index is 13.2. The number of hydrogen-bond donors (Lipinski definition) is 0. The molecule has 0 saturated carbocycles. The number of sulfonamides is 1. The van der Waals surface area contributed by atoms with Crippen molar-refractivity contribution in [3.05, 3.63) is 17.7 Å². The van der Waals surface area contributed by atoms with Gasteiger partial charge in [-0.1, -0.05) is 0 Å². The third-order valence-electron chi connectivity index (χ3n) is 4.97. The van der Waals surface area contributed by atoms with E-state index in [1.54, 1.807) is 11.8 Å². The van der Waals surface area contributed by atoms with Gasteiger partial charge in [0.25, 0.3) is 5.91 Å². The van der Waals surface area contributed by atoms with Crippen LogP contribution in [0.2, 0.25) is 0 Å². The van der Waals surface area contributed by atoms with Gasteiger partial charge in [0.2, 0.25) is 10.0 Å². The molecule has 1 fully saturated rings. The Kier molecular flexibility index (Phi) is 7.34. The molecule has 1 aromatic carbocycles. The minimum atomic E-state index is -3.61. The van der Waals surface area contributed by atoms with Crippen LogP contribution < -0.4 is 13.8 Å². The monoisotopic (exact) mass is 428 g/mol. The van der Waals surface area contributed by atoms with Gasteiger partial charge in [-0.3, -0.25) is 13.9 Å². The minimum absolute atomic E-state index is 0.185. The summed E-state index contributed by atoms with van der Waals surface area (Å²) in [5.74, 6) is -0.178. The van der Waals surface area contributed by atoms with Crippen molar-refractivity contribution in [3.63, 3.8) is 0 Å². The average Bonchev–Trinajstić information content (AvgIpc) is 2.71. The largest absolute Gasteiger partial charge is 0.493 e. The summed E-state index contributed by atoms with van der Waals surface area (Å²) < 4.78 is 40.8. The maximum Gasteiger partial charge on any atom is 0.309 e. The van der Waals surface area contributed by atoms with E-state index in [4.69, 9.17) is 14.2 Å². The lowest BCUT2D eigenvalue weighted by atomic mass is 9.96. The molecule has 29 heavy (non-hydrogen) atoms. The first-order valence-corrected chi connectivity index (χ1v) is 11.1. The quantitative estimate of drug-likeness (QED) is 0.607. The summed E-state index contributed by atoms with van der Waals surface area (Å²) in [5, 5.41) is 0. The number of methoxy groups -OCH3 is 2. The zero-order valence-electron chi connectivity index (χ0n) is 17.4. The van der Waals surface area contributed by atoms with E-state index in [0.717, 1.165) is 10.6 Å². The molecule has 2 rings (SSSR count). The maximum atomic E-state index is 13.2. The van der Waals surface area contributed by atoms with Crippen molar-refractivity contribution in [1.29, 1.82) is 0 Å². The Morgan fingerprint density at radius 3 is 2.17 bits per heavy atom. The molecule has 0 spiro atoms. The van der Waals surface area contributed by atoms with E-state index < -0.39 is 10.0 Å². The van der Waals surface area contributed by atoms with Gasteiger partial charge in [0.15, 0.2) is 11.5 Å². The van der Waals surface area contributed by atoms with Gasteiger partial charge in [0, 0.05) is 26.2 Å². The van der Waals surface area contributed by atoms with E-state index >= 15 is 0 Å². The van der Waals surface area contributed by atoms with Crippen LogP contribution in [0.5, 0.6) is 11.5 Å². The Morgan fingerprint density at radius 2 is 1.69 bits per heavy atom. The number of amides is 1. The summed E-state index contributed by atoms with van der Waals surface area (Å²) in [7, 11) is 0.642. The number of benzene rings is 1. The summed E-state index contributed by atoms with van der Waals surface area (Å²) in [6, 6.07) is 2.95. The van der Waals surface area contributed by atoms with Gasteiger partial charge in [-0.25, -0.2) is 8.42 Å². The first kappa shape index (κ1) is 22.8. The molecule has 0 aromatic heterocycles.